The van der Waals surface area contributed by atoms with Crippen LogP contribution in [0.3, 0.4) is 0 Å². The highest BCUT2D eigenvalue weighted by Crippen LogP contribution is 2.38. The van der Waals surface area contributed by atoms with Crippen molar-refractivity contribution in [2.75, 3.05) is 6.61 Å². The van der Waals surface area contributed by atoms with E-state index in [1.54, 1.807) is 12.3 Å². The summed E-state index contributed by atoms with van der Waals surface area (Å²) in [5, 5.41) is 1.16. The first-order chi connectivity index (χ1) is 18.6. The number of nitrogens with zero attached hydrogens (tertiary/aromatic N) is 3. The number of halogens is 4. The zero-order valence-corrected chi connectivity index (χ0v) is 21.9. The lowest BCUT2D eigenvalue weighted by atomic mass is 9.95. The van der Waals surface area contributed by atoms with E-state index in [0.29, 0.717) is 17.1 Å². The molecule has 198 valence electrons. The third kappa shape index (κ3) is 4.80. The number of para-hydroxylation sites is 1. The maximum Gasteiger partial charge on any atom is 0.434 e. The molecule has 0 fully saturated rings. The zero-order valence-electron chi connectivity index (χ0n) is 20.3. The highest BCUT2D eigenvalue weighted by molar-refractivity contribution is 7.07. The van der Waals surface area contributed by atoms with Crippen molar-refractivity contribution in [3.8, 4) is 12.3 Å². The molecular formula is C28H19ClF3N3O3S. The number of benzene rings is 2. The van der Waals surface area contributed by atoms with Gasteiger partial charge in [-0.3, -0.25) is 9.36 Å². The van der Waals surface area contributed by atoms with Gasteiger partial charge in [-0.25, -0.2) is 9.79 Å². The van der Waals surface area contributed by atoms with E-state index in [2.05, 4.69) is 10.9 Å². The number of hydrogen-bond acceptors (Lipinski definition) is 5. The van der Waals surface area contributed by atoms with E-state index in [9.17, 15) is 22.8 Å². The highest BCUT2D eigenvalue weighted by Gasteiger charge is 2.45. The Morgan fingerprint density at radius 3 is 2.62 bits per heavy atom. The van der Waals surface area contributed by atoms with Gasteiger partial charge < -0.3 is 9.30 Å². The Hall–Kier alpha value is -4.07. The Kier molecular flexibility index (Phi) is 6.97. The van der Waals surface area contributed by atoms with Gasteiger partial charge in [0, 0.05) is 27.7 Å². The molecule has 0 radical (unpaired) electrons. The molecule has 2 aromatic carbocycles. The van der Waals surface area contributed by atoms with Crippen molar-refractivity contribution in [3.63, 3.8) is 0 Å². The van der Waals surface area contributed by atoms with Crippen molar-refractivity contribution >= 4 is 45.9 Å². The predicted octanol–water partition coefficient (Wildman–Crippen LogP) is 4.58. The molecule has 0 N–H and O–H groups in total. The van der Waals surface area contributed by atoms with Gasteiger partial charge in [0.2, 0.25) is 0 Å². The van der Waals surface area contributed by atoms with Crippen LogP contribution in [0.4, 0.5) is 13.2 Å². The molecule has 11 heteroatoms. The van der Waals surface area contributed by atoms with E-state index in [1.807, 2.05) is 28.8 Å². The fourth-order valence-corrected chi connectivity index (χ4v) is 5.68. The Balaban J connectivity index is 1.81. The first-order valence-electron chi connectivity index (χ1n) is 11.7. The molecule has 1 atom stereocenters. The number of carbonyl (C=O) groups excluding carboxylic acids is 1. The minimum Gasteiger partial charge on any atom is -0.463 e. The molecule has 4 aromatic rings. The number of terminal acetylenes is 1. The molecule has 0 aliphatic carbocycles. The quantitative estimate of drug-likeness (QED) is 0.261. The number of alkyl halides is 3. The van der Waals surface area contributed by atoms with E-state index in [0.717, 1.165) is 26.8 Å². The minimum absolute atomic E-state index is 0.142. The monoisotopic (exact) mass is 569 g/mol. The van der Waals surface area contributed by atoms with Gasteiger partial charge in [-0.05, 0) is 36.8 Å². The Morgan fingerprint density at radius 2 is 1.95 bits per heavy atom. The van der Waals surface area contributed by atoms with E-state index < -0.39 is 35.0 Å². The fraction of sp³-hybridized carbons (Fsp3) is 0.179. The van der Waals surface area contributed by atoms with Crippen molar-refractivity contribution in [1.82, 2.24) is 9.13 Å². The largest absolute Gasteiger partial charge is 0.463 e. The molecule has 0 saturated carbocycles. The molecule has 1 aliphatic rings. The molecule has 0 amide bonds. The SMILES string of the molecule is C#CCn1cc(/C=c2\sc3n(c2=O)[C@@H](c2ccc(Cl)cc2)C(C(=O)OCC)=C(C(F)(F)F)N=3)c2ccccc21. The van der Waals surface area contributed by atoms with Crippen LogP contribution in [0.25, 0.3) is 17.0 Å². The smallest absolute Gasteiger partial charge is 0.434 e. The predicted molar refractivity (Wildman–Crippen MR) is 143 cm³/mol. The Labute approximate surface area is 228 Å². The lowest BCUT2D eigenvalue weighted by molar-refractivity contribution is -0.140. The molecule has 0 spiro atoms. The summed E-state index contributed by atoms with van der Waals surface area (Å²) in [6.07, 6.45) is 3.90. The first kappa shape index (κ1) is 26.5. The molecule has 0 unspecified atom stereocenters. The van der Waals surface area contributed by atoms with Crippen LogP contribution in [-0.4, -0.2) is 27.9 Å². The van der Waals surface area contributed by atoms with E-state index in [4.69, 9.17) is 22.8 Å². The van der Waals surface area contributed by atoms with Crippen LogP contribution < -0.4 is 14.9 Å². The van der Waals surface area contributed by atoms with Crippen molar-refractivity contribution in [1.29, 1.82) is 0 Å². The number of esters is 1. The average Bonchev–Trinajstić information content (AvgIpc) is 3.40. The highest BCUT2D eigenvalue weighted by atomic mass is 35.5. The molecule has 0 bridgehead atoms. The van der Waals surface area contributed by atoms with E-state index in [1.165, 1.54) is 31.2 Å². The van der Waals surface area contributed by atoms with Gasteiger partial charge in [-0.1, -0.05) is 59.2 Å². The van der Waals surface area contributed by atoms with Gasteiger partial charge in [-0.15, -0.1) is 6.42 Å². The summed E-state index contributed by atoms with van der Waals surface area (Å²) >= 11 is 6.81. The second kappa shape index (κ2) is 10.2. The van der Waals surface area contributed by atoms with Crippen molar-refractivity contribution in [2.45, 2.75) is 25.7 Å². The zero-order chi connectivity index (χ0) is 27.9. The number of carbonyl (C=O) groups is 1. The van der Waals surface area contributed by atoms with Crippen LogP contribution in [0.15, 0.2) is 75.8 Å². The van der Waals surface area contributed by atoms with Crippen molar-refractivity contribution in [2.24, 2.45) is 4.99 Å². The number of hydrogen-bond donors (Lipinski definition) is 0. The summed E-state index contributed by atoms with van der Waals surface area (Å²) in [6, 6.07) is 11.9. The van der Waals surface area contributed by atoms with Gasteiger partial charge in [0.25, 0.3) is 5.56 Å². The summed E-state index contributed by atoms with van der Waals surface area (Å²) in [5.41, 5.74) is -1.02. The van der Waals surface area contributed by atoms with Crippen LogP contribution in [0, 0.1) is 12.3 Å². The van der Waals surface area contributed by atoms with E-state index in [-0.39, 0.29) is 21.5 Å². The lowest BCUT2D eigenvalue weighted by Gasteiger charge is -2.26. The number of fused-ring (bicyclic) bond motifs is 2. The van der Waals surface area contributed by atoms with Gasteiger partial charge in [0.15, 0.2) is 10.5 Å². The first-order valence-corrected chi connectivity index (χ1v) is 12.9. The standard InChI is InChI=1S/C28H19ClF3N3O3S/c1-3-13-34-15-17(19-7-5-6-8-20(19)34)14-21-25(36)35-23(16-9-11-18(29)12-10-16)22(26(37)38-4-2)24(28(30,31)32)33-27(35)39-21/h1,5-12,14-15,23H,4,13H2,2H3/b21-14-/t23-/m0/s1. The Morgan fingerprint density at radius 1 is 1.23 bits per heavy atom. The fourth-order valence-electron chi connectivity index (χ4n) is 4.56. The lowest BCUT2D eigenvalue weighted by Crippen LogP contribution is -2.41. The maximum absolute atomic E-state index is 14.3. The van der Waals surface area contributed by atoms with Crippen LogP contribution in [0.1, 0.15) is 24.1 Å². The van der Waals surface area contributed by atoms with Crippen molar-refractivity contribution < 1.29 is 22.7 Å². The molecule has 1 aliphatic heterocycles. The van der Waals surface area contributed by atoms with Crippen LogP contribution >= 0.6 is 22.9 Å². The minimum atomic E-state index is -4.98. The summed E-state index contributed by atoms with van der Waals surface area (Å²) in [5.74, 6) is 1.37. The van der Waals surface area contributed by atoms with Gasteiger partial charge in [-0.2, -0.15) is 13.2 Å². The van der Waals surface area contributed by atoms with Crippen LogP contribution in [0.2, 0.25) is 5.02 Å². The number of thiazole rings is 1. The average molecular weight is 570 g/mol. The molecule has 6 nitrogen and oxygen atoms in total. The van der Waals surface area contributed by atoms with Crippen LogP contribution in [0.5, 0.6) is 0 Å². The summed E-state index contributed by atoms with van der Waals surface area (Å²) in [7, 11) is 0. The summed E-state index contributed by atoms with van der Waals surface area (Å²) in [4.78, 5) is 30.3. The number of rotatable bonds is 5. The third-order valence-corrected chi connectivity index (χ3v) is 7.38. The van der Waals surface area contributed by atoms with Crippen molar-refractivity contribution in [3.05, 3.63) is 102 Å². The molecule has 5 rings (SSSR count). The summed E-state index contributed by atoms with van der Waals surface area (Å²) < 4.78 is 50.8. The third-order valence-electron chi connectivity index (χ3n) is 6.15. The maximum atomic E-state index is 14.3. The molecule has 3 heterocycles. The number of allylic oxidation sites excluding steroid dienone is 1. The number of aromatic nitrogens is 2. The second-order valence-electron chi connectivity index (χ2n) is 8.55. The van der Waals surface area contributed by atoms with Crippen LogP contribution in [-0.2, 0) is 16.1 Å². The molecule has 39 heavy (non-hydrogen) atoms. The van der Waals surface area contributed by atoms with E-state index >= 15 is 0 Å². The van der Waals surface area contributed by atoms with Gasteiger partial charge >= 0.3 is 12.1 Å². The molecule has 2 aromatic heterocycles. The second-order valence-corrected chi connectivity index (χ2v) is 9.99. The molecular weight excluding hydrogens is 551 g/mol. The van der Waals surface area contributed by atoms with Gasteiger partial charge in [0.1, 0.15) is 0 Å². The topological polar surface area (TPSA) is 65.6 Å². The normalized spacial score (nSPS) is 15.7. The number of ether oxygens (including phenoxy) is 1. The summed E-state index contributed by atoms with van der Waals surface area (Å²) in [6.45, 7) is 1.62. The Bertz CT molecular complexity index is 1860. The van der Waals surface area contributed by atoms with Gasteiger partial charge in [0.05, 0.1) is 29.3 Å². The molecule has 0 saturated heterocycles.